The fourth-order valence-corrected chi connectivity index (χ4v) is 2.16. The average molecular weight is 263 g/mol. The molecule has 1 aromatic carbocycles. The van der Waals surface area contributed by atoms with Crippen LogP contribution in [0.3, 0.4) is 0 Å². The summed E-state index contributed by atoms with van der Waals surface area (Å²) < 4.78 is 0. The maximum Gasteiger partial charge on any atom is 0.337 e. The molecule has 0 saturated carbocycles. The van der Waals surface area contributed by atoms with Crippen LogP contribution in [0.25, 0.3) is 0 Å². The maximum atomic E-state index is 11.3. The summed E-state index contributed by atoms with van der Waals surface area (Å²) in [4.78, 5) is 24.5. The van der Waals surface area contributed by atoms with Gasteiger partial charge in [-0.15, -0.1) is 0 Å². The second-order valence-electron chi connectivity index (χ2n) is 4.62. The van der Waals surface area contributed by atoms with Gasteiger partial charge in [0, 0.05) is 37.4 Å². The number of nitrogens with one attached hydrogen (secondary N) is 1. The molecule has 19 heavy (non-hydrogen) atoms. The molecular formula is C13H17N3O3. The Labute approximate surface area is 111 Å². The number of carbonyl (C=O) groups excluding carboxylic acids is 1. The van der Waals surface area contributed by atoms with Crippen molar-refractivity contribution >= 4 is 23.3 Å². The largest absolute Gasteiger partial charge is 0.478 e. The maximum absolute atomic E-state index is 11.3. The molecule has 0 aromatic heterocycles. The molecule has 1 aliphatic heterocycles. The molecule has 6 nitrogen and oxygen atoms in total. The van der Waals surface area contributed by atoms with Crippen molar-refractivity contribution in [1.82, 2.24) is 5.32 Å². The molecule has 4 N–H and O–H groups in total. The molecule has 0 unspecified atom stereocenters. The van der Waals surface area contributed by atoms with Crippen LogP contribution in [0, 0.1) is 6.92 Å². The number of nitrogens with zero attached hydrogens (tertiary/aromatic N) is 1. The van der Waals surface area contributed by atoms with E-state index in [0.717, 1.165) is 11.3 Å². The molecular weight excluding hydrogens is 246 g/mol. The van der Waals surface area contributed by atoms with Crippen molar-refractivity contribution in [3.63, 3.8) is 0 Å². The van der Waals surface area contributed by atoms with Gasteiger partial charge in [0.1, 0.15) is 0 Å². The van der Waals surface area contributed by atoms with Crippen molar-refractivity contribution in [1.29, 1.82) is 0 Å². The molecule has 0 aliphatic carbocycles. The zero-order chi connectivity index (χ0) is 14.0. The number of carboxylic acid groups (broad SMARTS) is 1. The molecule has 0 bridgehead atoms. The number of nitrogen functional groups attached to an aromatic ring is 1. The van der Waals surface area contributed by atoms with E-state index in [1.807, 2.05) is 11.0 Å². The van der Waals surface area contributed by atoms with Gasteiger partial charge in [-0.2, -0.15) is 0 Å². The van der Waals surface area contributed by atoms with Crippen LogP contribution >= 0.6 is 0 Å². The van der Waals surface area contributed by atoms with E-state index in [2.05, 4.69) is 5.32 Å². The van der Waals surface area contributed by atoms with Crippen LogP contribution < -0.4 is 16.0 Å². The average Bonchev–Trinajstić information content (AvgIpc) is 2.57. The number of anilines is 2. The lowest BCUT2D eigenvalue weighted by atomic mass is 10.1. The molecule has 6 heteroatoms. The Kier molecular flexibility index (Phi) is 3.59. The second-order valence-corrected chi connectivity index (χ2v) is 4.62. The van der Waals surface area contributed by atoms with Crippen molar-refractivity contribution in [3.05, 3.63) is 23.3 Å². The minimum atomic E-state index is -1.04. The normalized spacial score (nSPS) is 15.8. The number of rotatable bonds is 2. The summed E-state index contributed by atoms with van der Waals surface area (Å²) in [6.45, 7) is 3.58. The third kappa shape index (κ3) is 2.78. The summed E-state index contributed by atoms with van der Waals surface area (Å²) in [5.74, 6) is -1.01. The van der Waals surface area contributed by atoms with E-state index in [1.54, 1.807) is 13.0 Å². The quantitative estimate of drug-likeness (QED) is 0.679. The monoisotopic (exact) mass is 263 g/mol. The Hall–Kier alpha value is -2.24. The molecule has 0 atom stereocenters. The van der Waals surface area contributed by atoms with Crippen LogP contribution in [-0.4, -0.2) is 36.6 Å². The van der Waals surface area contributed by atoms with Gasteiger partial charge >= 0.3 is 5.97 Å². The third-order valence-electron chi connectivity index (χ3n) is 3.28. The molecule has 0 radical (unpaired) electrons. The number of benzene rings is 1. The van der Waals surface area contributed by atoms with Crippen molar-refractivity contribution in [2.45, 2.75) is 13.3 Å². The van der Waals surface area contributed by atoms with Crippen LogP contribution in [0.15, 0.2) is 12.1 Å². The first kappa shape index (κ1) is 13.2. The minimum Gasteiger partial charge on any atom is -0.478 e. The number of aryl methyl sites for hydroxylation is 1. The zero-order valence-corrected chi connectivity index (χ0v) is 10.8. The van der Waals surface area contributed by atoms with E-state index in [-0.39, 0.29) is 11.5 Å². The lowest BCUT2D eigenvalue weighted by Crippen LogP contribution is -2.28. The highest BCUT2D eigenvalue weighted by Crippen LogP contribution is 2.26. The first-order chi connectivity index (χ1) is 8.99. The summed E-state index contributed by atoms with van der Waals surface area (Å²) in [7, 11) is 0. The predicted molar refractivity (Wildman–Crippen MR) is 72.4 cm³/mol. The Morgan fingerprint density at radius 3 is 2.84 bits per heavy atom. The van der Waals surface area contributed by atoms with E-state index in [0.29, 0.717) is 31.7 Å². The molecule has 1 aromatic rings. The molecule has 1 amide bonds. The van der Waals surface area contributed by atoms with Gasteiger partial charge in [0.05, 0.1) is 5.56 Å². The summed E-state index contributed by atoms with van der Waals surface area (Å²) in [6, 6.07) is 3.43. The minimum absolute atomic E-state index is 0.0214. The van der Waals surface area contributed by atoms with Crippen LogP contribution in [0.5, 0.6) is 0 Å². The van der Waals surface area contributed by atoms with Gasteiger partial charge in [0.25, 0.3) is 0 Å². The Morgan fingerprint density at radius 2 is 2.16 bits per heavy atom. The van der Waals surface area contributed by atoms with Gasteiger partial charge in [0.2, 0.25) is 5.91 Å². The van der Waals surface area contributed by atoms with E-state index < -0.39 is 5.97 Å². The zero-order valence-electron chi connectivity index (χ0n) is 10.8. The van der Waals surface area contributed by atoms with Gasteiger partial charge in [-0.25, -0.2) is 4.79 Å². The number of carbonyl (C=O) groups is 2. The molecule has 102 valence electrons. The van der Waals surface area contributed by atoms with E-state index >= 15 is 0 Å². The highest BCUT2D eigenvalue weighted by molar-refractivity contribution is 5.96. The van der Waals surface area contributed by atoms with Crippen molar-refractivity contribution in [3.8, 4) is 0 Å². The van der Waals surface area contributed by atoms with Crippen molar-refractivity contribution in [2.24, 2.45) is 0 Å². The fourth-order valence-electron chi connectivity index (χ4n) is 2.16. The smallest absolute Gasteiger partial charge is 0.337 e. The van der Waals surface area contributed by atoms with Crippen LogP contribution in [-0.2, 0) is 4.79 Å². The van der Waals surface area contributed by atoms with Gasteiger partial charge in [-0.3, -0.25) is 4.79 Å². The van der Waals surface area contributed by atoms with Gasteiger partial charge in [-0.05, 0) is 24.6 Å². The number of hydrogen-bond acceptors (Lipinski definition) is 4. The number of hydrogen-bond donors (Lipinski definition) is 3. The van der Waals surface area contributed by atoms with E-state index in [1.165, 1.54) is 0 Å². The van der Waals surface area contributed by atoms with Crippen molar-refractivity contribution in [2.75, 3.05) is 30.3 Å². The standard InChI is InChI=1S/C13H17N3O3/c1-8-6-9(7-10(12(8)14)13(18)19)16-4-2-11(17)15-3-5-16/h6-7H,2-5,14H2,1H3,(H,15,17)(H,18,19). The molecule has 1 saturated heterocycles. The second kappa shape index (κ2) is 5.17. The Balaban J connectivity index is 2.34. The van der Waals surface area contributed by atoms with Crippen LogP contribution in [0.2, 0.25) is 0 Å². The van der Waals surface area contributed by atoms with Gasteiger partial charge in [0.15, 0.2) is 0 Å². The van der Waals surface area contributed by atoms with Gasteiger partial charge < -0.3 is 21.1 Å². The number of amides is 1. The Morgan fingerprint density at radius 1 is 1.42 bits per heavy atom. The number of nitrogens with two attached hydrogens (primary N) is 1. The lowest BCUT2D eigenvalue weighted by molar-refractivity contribution is -0.120. The molecule has 1 heterocycles. The number of carboxylic acids is 1. The highest BCUT2D eigenvalue weighted by Gasteiger charge is 2.18. The topological polar surface area (TPSA) is 95.7 Å². The SMILES string of the molecule is Cc1cc(N2CCNC(=O)CC2)cc(C(=O)O)c1N. The summed E-state index contributed by atoms with van der Waals surface area (Å²) in [5, 5.41) is 11.9. The summed E-state index contributed by atoms with van der Waals surface area (Å²) in [5.41, 5.74) is 7.70. The molecule has 2 rings (SSSR count). The van der Waals surface area contributed by atoms with E-state index in [9.17, 15) is 9.59 Å². The Bertz CT molecular complexity index is 528. The highest BCUT2D eigenvalue weighted by atomic mass is 16.4. The summed E-state index contributed by atoms with van der Waals surface area (Å²) >= 11 is 0. The lowest BCUT2D eigenvalue weighted by Gasteiger charge is -2.23. The predicted octanol–water partition coefficient (Wildman–Crippen LogP) is 0.602. The van der Waals surface area contributed by atoms with Crippen LogP contribution in [0.1, 0.15) is 22.3 Å². The summed E-state index contributed by atoms with van der Waals surface area (Å²) in [6.07, 6.45) is 0.409. The number of aromatic carboxylic acids is 1. The molecule has 0 spiro atoms. The van der Waals surface area contributed by atoms with E-state index in [4.69, 9.17) is 10.8 Å². The first-order valence-electron chi connectivity index (χ1n) is 6.14. The fraction of sp³-hybridized carbons (Fsp3) is 0.385. The molecule has 1 aliphatic rings. The molecule has 1 fully saturated rings. The van der Waals surface area contributed by atoms with Crippen molar-refractivity contribution < 1.29 is 14.7 Å². The first-order valence-corrected chi connectivity index (χ1v) is 6.14. The van der Waals surface area contributed by atoms with Crippen LogP contribution in [0.4, 0.5) is 11.4 Å². The third-order valence-corrected chi connectivity index (χ3v) is 3.28. The van der Waals surface area contributed by atoms with Gasteiger partial charge in [-0.1, -0.05) is 0 Å².